The van der Waals surface area contributed by atoms with Gasteiger partial charge in [0.15, 0.2) is 0 Å². The van der Waals surface area contributed by atoms with Crippen molar-refractivity contribution < 1.29 is 57.2 Å². The zero-order chi connectivity index (χ0) is 79.3. The molecule has 24 nitrogen and oxygen atoms in total. The Morgan fingerprint density at radius 3 is 1.27 bits per heavy atom. The standard InChI is InChI=1S/C87H128N12O12/c1-52(16-30-74(100)89-50-91-79(105)110-82(6,7)8)64-26-28-66-62-24-20-56-44-58(32-36-84(56,12)68(62)34-38-86(64,66)14)107-76(102)48-97-46-70(93-95-97)54-18-22-60-61-23-19-55(43-73(61)99(72(60)42-54)41-40-88-78(104)109-81(3,4)5)71-47-98(96-94-71)49-77(103)108-59-33-37-85(13)57(45-59)21-25-63-67-29-27-65(87(67,15)39-35-69(63)85)53(2)17-31-75(101)90-51-92-80(106)111-83(9,10)11/h18-19,22-23,42-43,46-47,52-53,56-59,62-69H,16-17,20-21,24-41,44-45,48-51H2,1-15H3,(H,88,104)(H,89,100)(H,90,101)(H,91,105)(H,92,106)/t52-,53-,56-,57-,58-,59-,62+,63+,64?,65?,66+,67+,68?,69?,84?,85?,86?,87?/m1/s1. The molecule has 0 saturated heterocycles. The number of fused-ring (bicyclic) bond motifs is 13. The van der Waals surface area contributed by atoms with E-state index < -0.39 is 35.1 Å². The summed E-state index contributed by atoms with van der Waals surface area (Å²) in [5.41, 5.74) is 3.70. The van der Waals surface area contributed by atoms with Crippen molar-refractivity contribution in [2.45, 2.75) is 294 Å². The van der Waals surface area contributed by atoms with Crippen molar-refractivity contribution in [2.24, 2.45) is 92.7 Å². The number of amides is 5. The Hall–Kier alpha value is -7.79. The Kier molecular flexibility index (Phi) is 23.6. The fourth-order valence-electron chi connectivity index (χ4n) is 23.9. The van der Waals surface area contributed by atoms with E-state index in [2.05, 4.69) is 118 Å². The van der Waals surface area contributed by atoms with Crippen molar-refractivity contribution in [2.75, 3.05) is 19.9 Å². The second kappa shape index (κ2) is 32.2. The first-order chi connectivity index (χ1) is 52.5. The highest BCUT2D eigenvalue weighted by atomic mass is 16.6. The third-order valence-electron chi connectivity index (χ3n) is 29.0. The normalized spacial score (nSPS) is 30.9. The highest BCUT2D eigenvalue weighted by Gasteiger charge is 2.63. The molecule has 0 bridgehead atoms. The van der Waals surface area contributed by atoms with Crippen LogP contribution >= 0.6 is 0 Å². The molecule has 5 amide bonds. The summed E-state index contributed by atoms with van der Waals surface area (Å²) >= 11 is 0. The van der Waals surface area contributed by atoms with E-state index in [1.165, 1.54) is 64.2 Å². The van der Waals surface area contributed by atoms with E-state index in [9.17, 15) is 33.6 Å². The molecule has 13 rings (SSSR count). The first kappa shape index (κ1) is 81.2. The Bertz CT molecular complexity index is 3970. The summed E-state index contributed by atoms with van der Waals surface area (Å²) in [6.07, 6.45) is 24.3. The fraction of sp³-hybridized carbons (Fsp3) is 0.736. The summed E-state index contributed by atoms with van der Waals surface area (Å²) < 4.78 is 34.2. The number of hydrogen-bond acceptors (Lipinski definition) is 16. The second-order valence-corrected chi connectivity index (χ2v) is 39.1. The third kappa shape index (κ3) is 17.9. The summed E-state index contributed by atoms with van der Waals surface area (Å²) in [6.45, 7) is 31.9. The number of ether oxygens (including phenoxy) is 5. The van der Waals surface area contributed by atoms with Crippen molar-refractivity contribution in [3.05, 3.63) is 48.8 Å². The Balaban J connectivity index is 0.595. The van der Waals surface area contributed by atoms with Crippen molar-refractivity contribution in [3.63, 3.8) is 0 Å². The van der Waals surface area contributed by atoms with Crippen molar-refractivity contribution >= 4 is 63.8 Å². The van der Waals surface area contributed by atoms with E-state index >= 15 is 0 Å². The molecule has 111 heavy (non-hydrogen) atoms. The molecule has 3 heterocycles. The van der Waals surface area contributed by atoms with Crippen LogP contribution in [0.4, 0.5) is 14.4 Å². The van der Waals surface area contributed by atoms with Crippen LogP contribution in [0.2, 0.25) is 0 Å². The highest BCUT2D eigenvalue weighted by molar-refractivity contribution is 6.10. The van der Waals surface area contributed by atoms with Gasteiger partial charge in [-0.05, 0) is 296 Å². The topological polar surface area (TPSA) is 292 Å². The third-order valence-corrected chi connectivity index (χ3v) is 29.0. The van der Waals surface area contributed by atoms with Gasteiger partial charge < -0.3 is 54.8 Å². The molecular formula is C87H128N12O12. The quantitative estimate of drug-likeness (QED) is 0.0231. The van der Waals surface area contributed by atoms with Crippen LogP contribution in [-0.4, -0.2) is 125 Å². The van der Waals surface area contributed by atoms with Gasteiger partial charge in [0.2, 0.25) is 11.8 Å². The molecule has 8 aliphatic carbocycles. The van der Waals surface area contributed by atoms with Gasteiger partial charge in [0, 0.05) is 58.9 Å². The number of rotatable bonds is 23. The smallest absolute Gasteiger partial charge is 0.409 e. The number of aromatic nitrogens is 7. The number of alkyl carbamates (subject to hydrolysis) is 3. The number of nitrogens with one attached hydrogen (secondary N) is 5. The lowest BCUT2D eigenvalue weighted by Gasteiger charge is -2.61. The zero-order valence-electron chi connectivity index (χ0n) is 69.0. The zero-order valence-corrected chi connectivity index (χ0v) is 69.0. The molecule has 8 unspecified atom stereocenters. The molecule has 0 radical (unpaired) electrons. The first-order valence-electron chi connectivity index (χ1n) is 42.2. The van der Waals surface area contributed by atoms with Crippen LogP contribution in [0.1, 0.15) is 245 Å². The SMILES string of the molecule is C[C@H](CCC(=O)NCNC(=O)OC(C)(C)C)C1CC[C@H]2[C@@H]3CC[C@@H]4C[C@H](OC(=O)Cn5cc(-c6ccc7c8ccc(-c9cn(CC(=O)O[C@@H]%10CCC%11(C)C%12CCC%13(C)C([C@H](C)CCC(=O)NCNC(=O)OC(C)(C)C)CC[C@H]%13[C@@H]%12CC[C@@H]%11C%10)nn9)cc8n(CCNC(=O)OC(C)(C)C)c7c6)nn5)CCC4(C)C3CCC12C. The van der Waals surface area contributed by atoms with E-state index in [0.29, 0.717) is 102 Å². The summed E-state index contributed by atoms with van der Waals surface area (Å²) in [5.74, 6) is 6.29. The Labute approximate surface area is 656 Å². The van der Waals surface area contributed by atoms with Gasteiger partial charge in [0.05, 0.1) is 25.7 Å². The minimum absolute atomic E-state index is 0.0488. The van der Waals surface area contributed by atoms with Crippen LogP contribution in [0, 0.1) is 92.7 Å². The van der Waals surface area contributed by atoms with Gasteiger partial charge in [-0.15, -0.1) is 10.2 Å². The van der Waals surface area contributed by atoms with Crippen molar-refractivity contribution in [1.82, 2.24) is 61.1 Å². The predicted octanol–water partition coefficient (Wildman–Crippen LogP) is 16.0. The van der Waals surface area contributed by atoms with Crippen molar-refractivity contribution in [3.8, 4) is 22.5 Å². The Morgan fingerprint density at radius 2 is 0.865 bits per heavy atom. The summed E-state index contributed by atoms with van der Waals surface area (Å²) in [5, 5.41) is 33.9. The maximum atomic E-state index is 13.9. The molecule has 18 atom stereocenters. The molecule has 3 aromatic heterocycles. The fourth-order valence-corrected chi connectivity index (χ4v) is 23.9. The minimum Gasteiger partial charge on any atom is -0.461 e. The van der Waals surface area contributed by atoms with Crippen LogP contribution in [0.3, 0.4) is 0 Å². The van der Waals surface area contributed by atoms with Crippen LogP contribution in [0.15, 0.2) is 48.8 Å². The monoisotopic (exact) mass is 1530 g/mol. The van der Waals surface area contributed by atoms with E-state index in [0.717, 1.165) is 97.1 Å². The van der Waals surface area contributed by atoms with Gasteiger partial charge in [-0.2, -0.15) is 0 Å². The molecule has 5 N–H and O–H groups in total. The van der Waals surface area contributed by atoms with E-state index in [1.54, 1.807) is 21.8 Å². The van der Waals surface area contributed by atoms with Crippen LogP contribution < -0.4 is 26.6 Å². The molecule has 8 fully saturated rings. The second-order valence-electron chi connectivity index (χ2n) is 39.1. The molecule has 608 valence electrons. The lowest BCUT2D eigenvalue weighted by Crippen LogP contribution is -2.54. The average molecular weight is 1530 g/mol. The van der Waals surface area contributed by atoms with Gasteiger partial charge in [0.25, 0.3) is 0 Å². The molecular weight excluding hydrogens is 1410 g/mol. The van der Waals surface area contributed by atoms with Gasteiger partial charge in [0.1, 0.15) is 53.5 Å². The van der Waals surface area contributed by atoms with Gasteiger partial charge in [-0.3, -0.25) is 19.2 Å². The maximum Gasteiger partial charge on any atom is 0.409 e. The van der Waals surface area contributed by atoms with E-state index in [4.69, 9.17) is 23.7 Å². The molecule has 24 heteroatoms. The van der Waals surface area contributed by atoms with Crippen LogP contribution in [0.25, 0.3) is 44.3 Å². The highest BCUT2D eigenvalue weighted by Crippen LogP contribution is 2.70. The molecule has 0 spiro atoms. The maximum absolute atomic E-state index is 13.9. The predicted molar refractivity (Wildman–Crippen MR) is 423 cm³/mol. The molecule has 5 aromatic rings. The number of hydrogen-bond donors (Lipinski definition) is 5. The van der Waals surface area contributed by atoms with Crippen LogP contribution in [-0.2, 0) is 62.5 Å². The molecule has 8 aliphatic rings. The number of carbonyl (C=O) groups excluding carboxylic acids is 7. The molecule has 0 aliphatic heterocycles. The minimum atomic E-state index is -0.668. The first-order valence-corrected chi connectivity index (χ1v) is 42.2. The van der Waals surface area contributed by atoms with Crippen LogP contribution in [0.5, 0.6) is 0 Å². The summed E-state index contributed by atoms with van der Waals surface area (Å²) in [4.78, 5) is 90.7. The number of benzene rings is 2. The molecule has 2 aromatic carbocycles. The number of nitrogens with zero attached hydrogens (tertiary/aromatic N) is 7. The lowest BCUT2D eigenvalue weighted by molar-refractivity contribution is -0.164. The lowest BCUT2D eigenvalue weighted by atomic mass is 9.44. The largest absolute Gasteiger partial charge is 0.461 e. The summed E-state index contributed by atoms with van der Waals surface area (Å²) in [6, 6.07) is 12.3. The van der Waals surface area contributed by atoms with Crippen molar-refractivity contribution in [1.29, 1.82) is 0 Å². The van der Waals surface area contributed by atoms with Gasteiger partial charge >= 0.3 is 30.2 Å². The van der Waals surface area contributed by atoms with E-state index in [1.807, 2.05) is 74.4 Å². The van der Waals surface area contributed by atoms with E-state index in [-0.39, 0.29) is 90.6 Å². The summed E-state index contributed by atoms with van der Waals surface area (Å²) in [7, 11) is 0. The number of carbonyl (C=O) groups is 7. The number of esters is 2. The Morgan fingerprint density at radius 1 is 0.477 bits per heavy atom. The van der Waals surface area contributed by atoms with Gasteiger partial charge in [-0.1, -0.05) is 76.2 Å². The molecule has 8 saturated carbocycles. The average Bonchev–Trinajstić information content (AvgIpc) is 1.64. The van der Waals surface area contributed by atoms with Gasteiger partial charge in [-0.25, -0.2) is 23.7 Å².